The van der Waals surface area contributed by atoms with Crippen LogP contribution in [0.15, 0.2) is 59.4 Å². The van der Waals surface area contributed by atoms with Crippen molar-refractivity contribution < 1.29 is 0 Å². The number of nitrogens with zero attached hydrogens (tertiary/aromatic N) is 1. The number of aliphatic imine (C=N–C) groups is 1. The van der Waals surface area contributed by atoms with Crippen LogP contribution in [0.4, 0.5) is 0 Å². The summed E-state index contributed by atoms with van der Waals surface area (Å²) in [6, 6.07) is 6.37. The van der Waals surface area contributed by atoms with Crippen molar-refractivity contribution in [1.82, 2.24) is 5.32 Å². The number of nitrogens with one attached hydrogen (secondary N) is 1. The number of rotatable bonds is 8. The van der Waals surface area contributed by atoms with E-state index in [0.29, 0.717) is 11.8 Å². The fraction of sp³-hybridized carbons (Fsp3) is 0.500. The second-order valence-corrected chi connectivity index (χ2v) is 8.71. The van der Waals surface area contributed by atoms with E-state index in [1.54, 1.807) is 19.5 Å². The molecule has 1 aliphatic carbocycles. The van der Waals surface area contributed by atoms with Crippen LogP contribution in [0.25, 0.3) is 0 Å². The van der Waals surface area contributed by atoms with Gasteiger partial charge in [0.15, 0.2) is 0 Å². The van der Waals surface area contributed by atoms with Crippen LogP contribution in [0.5, 0.6) is 0 Å². The zero-order chi connectivity index (χ0) is 25.1. The van der Waals surface area contributed by atoms with Gasteiger partial charge in [0, 0.05) is 18.0 Å². The van der Waals surface area contributed by atoms with Crippen LogP contribution in [0.2, 0.25) is 5.02 Å². The summed E-state index contributed by atoms with van der Waals surface area (Å²) in [5.74, 6) is 4.02. The molecule has 0 spiro atoms. The van der Waals surface area contributed by atoms with Crippen LogP contribution < -0.4 is 5.32 Å². The van der Waals surface area contributed by atoms with Gasteiger partial charge in [-0.3, -0.25) is 0 Å². The summed E-state index contributed by atoms with van der Waals surface area (Å²) in [4.78, 5) is 3.61. The second-order valence-electron chi connectivity index (χ2n) is 8.27. The zero-order valence-electron chi connectivity index (χ0n) is 21.8. The smallest absolute Gasteiger partial charge is 0.0408 e. The first-order valence-corrected chi connectivity index (χ1v) is 12.6. The Balaban J connectivity index is 0.000000709. The molecular formula is C30H45ClN2. The van der Waals surface area contributed by atoms with Gasteiger partial charge in [-0.2, -0.15) is 0 Å². The maximum Gasteiger partial charge on any atom is 0.0408 e. The SMILES string of the molecule is C#CC1=CC(C(CCC)CCC)c2ccc(Cl)cc2CC1.C=CN/C=C(\C)CC.CC=NC. The average molecular weight is 469 g/mol. The van der Waals surface area contributed by atoms with E-state index in [1.807, 2.05) is 19.2 Å². The first-order valence-electron chi connectivity index (χ1n) is 12.3. The number of hydrogen-bond acceptors (Lipinski definition) is 2. The van der Waals surface area contributed by atoms with Crippen molar-refractivity contribution in [3.8, 4) is 12.3 Å². The number of hydrogen-bond donors (Lipinski definition) is 1. The van der Waals surface area contributed by atoms with E-state index in [-0.39, 0.29) is 0 Å². The molecule has 0 saturated heterocycles. The highest BCUT2D eigenvalue weighted by atomic mass is 35.5. The van der Waals surface area contributed by atoms with Crippen molar-refractivity contribution in [1.29, 1.82) is 0 Å². The van der Waals surface area contributed by atoms with E-state index in [2.05, 4.69) is 68.7 Å². The Bertz CT molecular complexity index is 801. The van der Waals surface area contributed by atoms with E-state index in [4.69, 9.17) is 18.0 Å². The number of benzene rings is 1. The molecule has 33 heavy (non-hydrogen) atoms. The zero-order valence-corrected chi connectivity index (χ0v) is 22.5. The minimum Gasteiger partial charge on any atom is -0.368 e. The predicted molar refractivity (Wildman–Crippen MR) is 150 cm³/mol. The van der Waals surface area contributed by atoms with Gasteiger partial charge in [0.05, 0.1) is 0 Å². The third-order valence-electron chi connectivity index (χ3n) is 5.78. The summed E-state index contributed by atoms with van der Waals surface area (Å²) in [6.07, 6.45) is 21.5. The van der Waals surface area contributed by atoms with Crippen LogP contribution in [0, 0.1) is 18.3 Å². The molecule has 1 aromatic carbocycles. The lowest BCUT2D eigenvalue weighted by Gasteiger charge is -2.26. The Kier molecular flexibility index (Phi) is 17.9. The molecule has 1 unspecified atom stereocenters. The minimum atomic E-state index is 0.450. The molecule has 2 nitrogen and oxygen atoms in total. The van der Waals surface area contributed by atoms with Crippen LogP contribution in [-0.2, 0) is 6.42 Å². The first kappa shape index (κ1) is 30.8. The van der Waals surface area contributed by atoms with E-state index < -0.39 is 0 Å². The van der Waals surface area contributed by atoms with Crippen molar-refractivity contribution in [2.24, 2.45) is 10.9 Å². The minimum absolute atomic E-state index is 0.450. The number of halogens is 1. The van der Waals surface area contributed by atoms with Crippen LogP contribution >= 0.6 is 11.6 Å². The fourth-order valence-corrected chi connectivity index (χ4v) is 4.03. The monoisotopic (exact) mass is 468 g/mol. The highest BCUT2D eigenvalue weighted by Crippen LogP contribution is 2.39. The van der Waals surface area contributed by atoms with Crippen LogP contribution in [0.3, 0.4) is 0 Å². The Morgan fingerprint density at radius 3 is 2.39 bits per heavy atom. The molecule has 0 fully saturated rings. The van der Waals surface area contributed by atoms with Gasteiger partial charge in [0.1, 0.15) is 0 Å². The Hall–Kier alpha value is -2.24. The number of aryl methyl sites for hydroxylation is 1. The predicted octanol–water partition coefficient (Wildman–Crippen LogP) is 8.89. The van der Waals surface area contributed by atoms with Crippen molar-refractivity contribution >= 4 is 17.8 Å². The van der Waals surface area contributed by atoms with E-state index in [9.17, 15) is 0 Å². The molecule has 0 bridgehead atoms. The lowest BCUT2D eigenvalue weighted by molar-refractivity contribution is 0.402. The Morgan fingerprint density at radius 2 is 1.91 bits per heavy atom. The molecular weight excluding hydrogens is 424 g/mol. The molecule has 0 radical (unpaired) electrons. The van der Waals surface area contributed by atoms with Gasteiger partial charge in [-0.15, -0.1) is 6.42 Å². The fourth-order valence-electron chi connectivity index (χ4n) is 3.83. The van der Waals surface area contributed by atoms with Gasteiger partial charge in [-0.25, -0.2) is 0 Å². The molecule has 0 amide bonds. The second kappa shape index (κ2) is 19.2. The molecule has 3 heteroatoms. The summed E-state index contributed by atoms with van der Waals surface area (Å²) in [5.41, 5.74) is 5.32. The van der Waals surface area contributed by atoms with Gasteiger partial charge < -0.3 is 10.3 Å². The molecule has 0 aliphatic heterocycles. The summed E-state index contributed by atoms with van der Waals surface area (Å²) in [6.45, 7) is 14.1. The van der Waals surface area contributed by atoms with Gasteiger partial charge in [-0.05, 0) is 99.3 Å². The number of fused-ring (bicyclic) bond motifs is 1. The Labute approximate surface area is 209 Å². The third-order valence-corrected chi connectivity index (χ3v) is 6.02. The van der Waals surface area contributed by atoms with Gasteiger partial charge in [0.25, 0.3) is 0 Å². The molecule has 2 rings (SSSR count). The number of terminal acetylenes is 1. The molecule has 1 N–H and O–H groups in total. The van der Waals surface area contributed by atoms with E-state index in [0.717, 1.165) is 29.9 Å². The summed E-state index contributed by atoms with van der Waals surface area (Å²) in [7, 11) is 1.75. The topological polar surface area (TPSA) is 24.4 Å². The maximum absolute atomic E-state index is 6.19. The van der Waals surface area contributed by atoms with Crippen molar-refractivity contribution in [3.63, 3.8) is 0 Å². The van der Waals surface area contributed by atoms with Gasteiger partial charge in [0.2, 0.25) is 0 Å². The van der Waals surface area contributed by atoms with Gasteiger partial charge in [-0.1, -0.05) is 75.4 Å². The van der Waals surface area contributed by atoms with Crippen LogP contribution in [0.1, 0.15) is 90.2 Å². The Morgan fingerprint density at radius 1 is 1.27 bits per heavy atom. The highest BCUT2D eigenvalue weighted by Gasteiger charge is 2.25. The number of allylic oxidation sites excluding steroid dienone is 3. The highest BCUT2D eigenvalue weighted by molar-refractivity contribution is 6.30. The lowest BCUT2D eigenvalue weighted by atomic mass is 9.79. The summed E-state index contributed by atoms with van der Waals surface area (Å²) < 4.78 is 0. The maximum atomic E-state index is 6.19. The molecule has 0 aromatic heterocycles. The quantitative estimate of drug-likeness (QED) is 0.299. The molecule has 0 saturated carbocycles. The van der Waals surface area contributed by atoms with Crippen molar-refractivity contribution in [2.75, 3.05) is 7.05 Å². The normalized spacial score (nSPS) is 15.2. The largest absolute Gasteiger partial charge is 0.368 e. The first-order chi connectivity index (χ1) is 15.9. The van der Waals surface area contributed by atoms with Crippen molar-refractivity contribution in [2.45, 2.75) is 85.5 Å². The summed E-state index contributed by atoms with van der Waals surface area (Å²) in [5, 5.41) is 3.73. The van der Waals surface area contributed by atoms with E-state index >= 15 is 0 Å². The lowest BCUT2D eigenvalue weighted by Crippen LogP contribution is -2.12. The molecule has 1 atom stereocenters. The molecule has 182 valence electrons. The van der Waals surface area contributed by atoms with Gasteiger partial charge >= 0.3 is 0 Å². The molecule has 1 aromatic rings. The third kappa shape index (κ3) is 12.5. The molecule has 1 aliphatic rings. The van der Waals surface area contributed by atoms with Crippen LogP contribution in [-0.4, -0.2) is 13.3 Å². The molecule has 0 heterocycles. The summed E-state index contributed by atoms with van der Waals surface area (Å²) >= 11 is 6.19. The van der Waals surface area contributed by atoms with Crippen molar-refractivity contribution in [3.05, 3.63) is 70.5 Å². The van der Waals surface area contributed by atoms with E-state index in [1.165, 1.54) is 42.4 Å². The average Bonchev–Trinajstić information content (AvgIpc) is 3.02. The standard InChI is InChI=1S/C20H25Cl.C7H13N.C3H7N/c1-4-7-16(8-5-2)20-13-15(6-3)9-10-17-14-18(21)11-12-19(17)20;1-4-7(3)6-8-5-2;1-3-4-2/h3,11-14,16,20H,4-5,7-10H2,1-2H3;5-6,8H,2,4H2,1,3H3;3H,1-2H3/b;7-6+;.